The Hall–Kier alpha value is -2.32. The van der Waals surface area contributed by atoms with E-state index in [2.05, 4.69) is 14.8 Å². The van der Waals surface area contributed by atoms with Crippen LogP contribution in [0.1, 0.15) is 12.8 Å². The van der Waals surface area contributed by atoms with Crippen molar-refractivity contribution in [1.82, 2.24) is 10.2 Å². The number of hydrogen-bond donors (Lipinski definition) is 2. The van der Waals surface area contributed by atoms with Crippen molar-refractivity contribution in [2.24, 2.45) is 0 Å². The number of esters is 2. The van der Waals surface area contributed by atoms with E-state index in [-0.39, 0.29) is 19.5 Å². The minimum absolute atomic E-state index is 0.0374. The third kappa shape index (κ3) is 3.84. The quantitative estimate of drug-likeness (QED) is 0.489. The number of hydrogen-bond acceptors (Lipinski definition) is 6. The van der Waals surface area contributed by atoms with Gasteiger partial charge in [-0.1, -0.05) is 0 Å². The molecule has 0 radical (unpaired) electrons. The monoisotopic (exact) mass is 288 g/mol. The summed E-state index contributed by atoms with van der Waals surface area (Å²) >= 11 is 0. The molecule has 2 amide bonds. The number of carboxylic acid groups (broad SMARTS) is 1. The van der Waals surface area contributed by atoms with Gasteiger partial charge in [0.1, 0.15) is 6.42 Å². The summed E-state index contributed by atoms with van der Waals surface area (Å²) in [6.45, 7) is -0.0747. The SMILES string of the molecule is COC(=O)CC(=O)NC1(CC(=O)OC)CN(C(=O)O)C1. The van der Waals surface area contributed by atoms with Crippen LogP contribution >= 0.6 is 0 Å². The molecule has 0 aliphatic carbocycles. The molecule has 0 spiro atoms. The Labute approximate surface area is 114 Å². The summed E-state index contributed by atoms with van der Waals surface area (Å²) in [7, 11) is 2.34. The maximum absolute atomic E-state index is 11.6. The minimum Gasteiger partial charge on any atom is -0.469 e. The predicted octanol–water partition coefficient (Wildman–Crippen LogP) is -1.04. The summed E-state index contributed by atoms with van der Waals surface area (Å²) in [5.74, 6) is -1.93. The summed E-state index contributed by atoms with van der Waals surface area (Å²) in [4.78, 5) is 45.7. The first kappa shape index (κ1) is 15.7. The molecule has 9 heteroatoms. The fourth-order valence-electron chi connectivity index (χ4n) is 1.95. The Balaban J connectivity index is 2.65. The molecule has 1 aliphatic rings. The van der Waals surface area contributed by atoms with E-state index in [9.17, 15) is 19.2 Å². The molecular formula is C11H16N2O7. The minimum atomic E-state index is -1.15. The molecule has 0 saturated carbocycles. The van der Waals surface area contributed by atoms with Gasteiger partial charge in [0.15, 0.2) is 0 Å². The zero-order valence-electron chi connectivity index (χ0n) is 11.2. The van der Waals surface area contributed by atoms with Crippen LogP contribution in [0, 0.1) is 0 Å². The van der Waals surface area contributed by atoms with Gasteiger partial charge in [-0.3, -0.25) is 14.4 Å². The topological polar surface area (TPSA) is 122 Å². The van der Waals surface area contributed by atoms with Gasteiger partial charge in [-0.2, -0.15) is 0 Å². The molecule has 0 aromatic rings. The highest BCUT2D eigenvalue weighted by Gasteiger charge is 2.48. The zero-order valence-corrected chi connectivity index (χ0v) is 11.2. The molecule has 9 nitrogen and oxygen atoms in total. The van der Waals surface area contributed by atoms with Crippen molar-refractivity contribution in [2.75, 3.05) is 27.3 Å². The highest BCUT2D eigenvalue weighted by molar-refractivity contribution is 5.95. The molecule has 1 fully saturated rings. The lowest BCUT2D eigenvalue weighted by atomic mass is 9.86. The third-order valence-corrected chi connectivity index (χ3v) is 2.91. The highest BCUT2D eigenvalue weighted by atomic mass is 16.5. The van der Waals surface area contributed by atoms with Crippen LogP contribution in [0.25, 0.3) is 0 Å². The average Bonchev–Trinajstić information content (AvgIpc) is 2.34. The van der Waals surface area contributed by atoms with Crippen LogP contribution in [-0.2, 0) is 23.9 Å². The zero-order chi connectivity index (χ0) is 15.3. The van der Waals surface area contributed by atoms with Gasteiger partial charge >= 0.3 is 18.0 Å². The molecule has 20 heavy (non-hydrogen) atoms. The Morgan fingerprint density at radius 2 is 1.70 bits per heavy atom. The number of carbonyl (C=O) groups is 4. The third-order valence-electron chi connectivity index (χ3n) is 2.91. The van der Waals surface area contributed by atoms with Crippen molar-refractivity contribution in [3.63, 3.8) is 0 Å². The predicted molar refractivity (Wildman–Crippen MR) is 63.7 cm³/mol. The Kier molecular flexibility index (Phi) is 4.89. The van der Waals surface area contributed by atoms with Gasteiger partial charge in [0.05, 0.1) is 26.2 Å². The molecule has 1 heterocycles. The Morgan fingerprint density at radius 1 is 1.15 bits per heavy atom. The van der Waals surface area contributed by atoms with Crippen molar-refractivity contribution in [3.8, 4) is 0 Å². The van der Waals surface area contributed by atoms with E-state index in [0.29, 0.717) is 0 Å². The molecule has 0 aromatic heterocycles. The van der Waals surface area contributed by atoms with Gasteiger partial charge in [-0.25, -0.2) is 4.79 Å². The molecule has 1 saturated heterocycles. The van der Waals surface area contributed by atoms with Gasteiger partial charge in [0.25, 0.3) is 0 Å². The maximum atomic E-state index is 11.6. The molecular weight excluding hydrogens is 272 g/mol. The number of methoxy groups -OCH3 is 2. The Morgan fingerprint density at radius 3 is 2.15 bits per heavy atom. The lowest BCUT2D eigenvalue weighted by Gasteiger charge is -2.48. The number of nitrogens with one attached hydrogen (secondary N) is 1. The van der Waals surface area contributed by atoms with Crippen LogP contribution < -0.4 is 5.32 Å². The van der Waals surface area contributed by atoms with Crippen LogP contribution in [0.5, 0.6) is 0 Å². The Bertz CT molecular complexity index is 428. The highest BCUT2D eigenvalue weighted by Crippen LogP contribution is 2.25. The second kappa shape index (κ2) is 6.22. The second-order valence-corrected chi connectivity index (χ2v) is 4.47. The lowest BCUT2D eigenvalue weighted by Crippen LogP contribution is -2.71. The van der Waals surface area contributed by atoms with E-state index in [1.807, 2.05) is 0 Å². The first-order chi connectivity index (χ1) is 9.31. The van der Waals surface area contributed by atoms with Crippen LogP contribution in [0.2, 0.25) is 0 Å². The molecule has 0 aromatic carbocycles. The fourth-order valence-corrected chi connectivity index (χ4v) is 1.95. The van der Waals surface area contributed by atoms with E-state index in [4.69, 9.17) is 5.11 Å². The number of carbonyl (C=O) groups excluding carboxylic acids is 3. The van der Waals surface area contributed by atoms with Gasteiger partial charge < -0.3 is 24.8 Å². The molecule has 0 bridgehead atoms. The average molecular weight is 288 g/mol. The van der Waals surface area contributed by atoms with Crippen molar-refractivity contribution < 1.29 is 33.8 Å². The van der Waals surface area contributed by atoms with E-state index >= 15 is 0 Å². The van der Waals surface area contributed by atoms with Crippen LogP contribution in [0.4, 0.5) is 4.79 Å². The molecule has 2 N–H and O–H groups in total. The molecule has 112 valence electrons. The number of likely N-dealkylation sites (tertiary alicyclic amines) is 1. The van der Waals surface area contributed by atoms with Gasteiger partial charge in [0.2, 0.25) is 5.91 Å². The summed E-state index contributed by atoms with van der Waals surface area (Å²) in [5.41, 5.74) is -1.03. The standard InChI is InChI=1S/C11H16N2O7/c1-19-8(15)3-7(14)12-11(4-9(16)20-2)5-13(6-11)10(17)18/h3-6H2,1-2H3,(H,12,14)(H,17,18). The maximum Gasteiger partial charge on any atom is 0.407 e. The van der Waals surface area contributed by atoms with Crippen molar-refractivity contribution in [2.45, 2.75) is 18.4 Å². The van der Waals surface area contributed by atoms with Gasteiger partial charge in [0, 0.05) is 13.1 Å². The fraction of sp³-hybridized carbons (Fsp3) is 0.636. The van der Waals surface area contributed by atoms with E-state index in [1.54, 1.807) is 0 Å². The van der Waals surface area contributed by atoms with E-state index in [1.165, 1.54) is 7.11 Å². The number of rotatable bonds is 5. The lowest BCUT2D eigenvalue weighted by molar-refractivity contribution is -0.146. The molecule has 0 atom stereocenters. The second-order valence-electron chi connectivity index (χ2n) is 4.47. The number of ether oxygens (including phenoxy) is 2. The van der Waals surface area contributed by atoms with Gasteiger partial charge in [-0.05, 0) is 0 Å². The van der Waals surface area contributed by atoms with E-state index < -0.39 is 35.9 Å². The summed E-state index contributed by atoms with van der Waals surface area (Å²) in [6, 6.07) is 0. The van der Waals surface area contributed by atoms with E-state index in [0.717, 1.165) is 12.0 Å². The van der Waals surface area contributed by atoms with Gasteiger partial charge in [-0.15, -0.1) is 0 Å². The van der Waals surface area contributed by atoms with Crippen LogP contribution in [0.3, 0.4) is 0 Å². The first-order valence-electron chi connectivity index (χ1n) is 5.74. The van der Waals surface area contributed by atoms with Crippen LogP contribution in [0.15, 0.2) is 0 Å². The van der Waals surface area contributed by atoms with Crippen LogP contribution in [-0.4, -0.2) is 66.8 Å². The van der Waals surface area contributed by atoms with Crippen molar-refractivity contribution >= 4 is 23.9 Å². The summed E-state index contributed by atoms with van der Waals surface area (Å²) in [6.07, 6.45) is -1.81. The normalized spacial score (nSPS) is 15.8. The number of nitrogens with zero attached hydrogens (tertiary/aromatic N) is 1. The smallest absolute Gasteiger partial charge is 0.407 e. The largest absolute Gasteiger partial charge is 0.469 e. The van der Waals surface area contributed by atoms with Crippen molar-refractivity contribution in [1.29, 1.82) is 0 Å². The summed E-state index contributed by atoms with van der Waals surface area (Å²) in [5, 5.41) is 11.3. The molecule has 1 rings (SSSR count). The molecule has 1 aliphatic heterocycles. The summed E-state index contributed by atoms with van der Waals surface area (Å²) < 4.78 is 8.87. The first-order valence-corrected chi connectivity index (χ1v) is 5.74. The number of amides is 2. The van der Waals surface area contributed by atoms with Crippen molar-refractivity contribution in [3.05, 3.63) is 0 Å². The molecule has 0 unspecified atom stereocenters.